The zero-order valence-corrected chi connectivity index (χ0v) is 14.1. The number of hydrogen-bond donors (Lipinski definition) is 2. The summed E-state index contributed by atoms with van der Waals surface area (Å²) in [7, 11) is 0. The molecule has 1 aliphatic heterocycles. The molecule has 0 spiro atoms. The minimum atomic E-state index is -0.236. The fourth-order valence-corrected chi connectivity index (χ4v) is 2.96. The number of carbonyl (C=O) groups is 2. The molecule has 1 aromatic heterocycles. The van der Waals surface area contributed by atoms with Crippen LogP contribution in [0.5, 0.6) is 0 Å². The molecular weight excluding hydrogens is 318 g/mol. The second-order valence-electron chi connectivity index (χ2n) is 6.11. The number of imidazole rings is 1. The average molecular weight is 341 g/mol. The van der Waals surface area contributed by atoms with Crippen LogP contribution in [-0.4, -0.2) is 46.0 Å². The number of urea groups is 1. The van der Waals surface area contributed by atoms with E-state index in [1.165, 1.54) is 0 Å². The summed E-state index contributed by atoms with van der Waals surface area (Å²) < 4.78 is 1.90. The fourth-order valence-electron chi connectivity index (χ4n) is 2.96. The molecule has 3 rings (SSSR count). The summed E-state index contributed by atoms with van der Waals surface area (Å²) in [6, 6.07) is 9.29. The molecule has 1 atom stereocenters. The molecule has 0 saturated carbocycles. The number of amides is 3. The van der Waals surface area contributed by atoms with E-state index in [0.717, 1.165) is 18.5 Å². The van der Waals surface area contributed by atoms with Crippen LogP contribution in [0.25, 0.3) is 0 Å². The molecule has 132 valence electrons. The van der Waals surface area contributed by atoms with E-state index in [1.54, 1.807) is 12.5 Å². The zero-order chi connectivity index (χ0) is 17.5. The van der Waals surface area contributed by atoms with E-state index in [9.17, 15) is 9.59 Å². The predicted octanol–water partition coefficient (Wildman–Crippen LogP) is 1.55. The Morgan fingerprint density at radius 3 is 2.80 bits per heavy atom. The van der Waals surface area contributed by atoms with Crippen LogP contribution in [-0.2, 0) is 11.3 Å². The Balaban J connectivity index is 1.56. The van der Waals surface area contributed by atoms with Crippen molar-refractivity contribution >= 4 is 11.9 Å². The van der Waals surface area contributed by atoms with E-state index in [1.807, 2.05) is 46.0 Å². The van der Waals surface area contributed by atoms with Gasteiger partial charge >= 0.3 is 6.03 Å². The molecule has 1 aliphatic rings. The predicted molar refractivity (Wildman–Crippen MR) is 93.8 cm³/mol. The Kier molecular flexibility index (Phi) is 5.66. The number of benzene rings is 1. The van der Waals surface area contributed by atoms with Crippen molar-refractivity contribution in [1.29, 1.82) is 0 Å². The number of nitrogens with one attached hydrogen (secondary N) is 2. The smallest absolute Gasteiger partial charge is 0.315 e. The number of nitrogens with zero attached hydrogens (tertiary/aromatic N) is 3. The van der Waals surface area contributed by atoms with Crippen molar-refractivity contribution < 1.29 is 9.59 Å². The summed E-state index contributed by atoms with van der Waals surface area (Å²) in [5, 5.41) is 5.85. The molecule has 1 saturated heterocycles. The summed E-state index contributed by atoms with van der Waals surface area (Å²) in [6.07, 6.45) is 6.76. The number of rotatable bonds is 7. The maximum absolute atomic E-state index is 12.3. The molecule has 7 nitrogen and oxygen atoms in total. The zero-order valence-electron chi connectivity index (χ0n) is 14.1. The molecule has 2 N–H and O–H groups in total. The van der Waals surface area contributed by atoms with E-state index in [2.05, 4.69) is 15.6 Å². The standard InChI is InChI=1S/C18H23N5O2/c24-17-7-4-10-23(17)13-16(15-5-2-1-3-6-15)21-18(25)20-9-12-22-11-8-19-14-22/h1-3,5-6,8,11,14,16H,4,7,9-10,12-13H2,(H2,20,21,25)/t16-/m0/s1. The fraction of sp³-hybridized carbons (Fsp3) is 0.389. The molecule has 2 aromatic rings. The first-order valence-corrected chi connectivity index (χ1v) is 8.55. The first kappa shape index (κ1) is 17.0. The summed E-state index contributed by atoms with van der Waals surface area (Å²) in [5.41, 5.74) is 0.993. The third-order valence-corrected chi connectivity index (χ3v) is 4.30. The highest BCUT2D eigenvalue weighted by molar-refractivity contribution is 5.78. The van der Waals surface area contributed by atoms with Crippen LogP contribution in [0.3, 0.4) is 0 Å². The number of carbonyl (C=O) groups excluding carboxylic acids is 2. The molecule has 0 bridgehead atoms. The van der Waals surface area contributed by atoms with Crippen molar-refractivity contribution in [3.8, 4) is 0 Å². The first-order valence-electron chi connectivity index (χ1n) is 8.55. The van der Waals surface area contributed by atoms with Crippen LogP contribution in [0.1, 0.15) is 24.4 Å². The topological polar surface area (TPSA) is 79.3 Å². The summed E-state index contributed by atoms with van der Waals surface area (Å²) in [6.45, 7) is 2.42. The highest BCUT2D eigenvalue weighted by Crippen LogP contribution is 2.18. The lowest BCUT2D eigenvalue weighted by Crippen LogP contribution is -2.43. The normalized spacial score (nSPS) is 15.2. The molecule has 3 amide bonds. The van der Waals surface area contributed by atoms with Gasteiger partial charge in [0, 0.05) is 45.0 Å². The van der Waals surface area contributed by atoms with Gasteiger partial charge in [0.15, 0.2) is 0 Å². The van der Waals surface area contributed by atoms with E-state index >= 15 is 0 Å². The molecular formula is C18H23N5O2. The van der Waals surface area contributed by atoms with Gasteiger partial charge < -0.3 is 20.1 Å². The molecule has 2 heterocycles. The quantitative estimate of drug-likeness (QED) is 0.802. The second kappa shape index (κ2) is 8.32. The molecule has 7 heteroatoms. The lowest BCUT2D eigenvalue weighted by Gasteiger charge is -2.25. The Hall–Kier alpha value is -2.83. The Labute approximate surface area is 147 Å². The maximum Gasteiger partial charge on any atom is 0.315 e. The average Bonchev–Trinajstić information content (AvgIpc) is 3.27. The minimum absolute atomic E-state index is 0.156. The van der Waals surface area contributed by atoms with Gasteiger partial charge in [0.05, 0.1) is 12.4 Å². The highest BCUT2D eigenvalue weighted by atomic mass is 16.2. The second-order valence-corrected chi connectivity index (χ2v) is 6.11. The van der Waals surface area contributed by atoms with Crippen molar-refractivity contribution in [3.05, 3.63) is 54.6 Å². The first-order chi connectivity index (χ1) is 12.2. The number of hydrogen-bond acceptors (Lipinski definition) is 3. The summed E-state index contributed by atoms with van der Waals surface area (Å²) >= 11 is 0. The lowest BCUT2D eigenvalue weighted by molar-refractivity contribution is -0.128. The van der Waals surface area contributed by atoms with Crippen LogP contribution in [0.15, 0.2) is 49.1 Å². The van der Waals surface area contributed by atoms with E-state index in [0.29, 0.717) is 26.1 Å². The van der Waals surface area contributed by atoms with Crippen LogP contribution >= 0.6 is 0 Å². The van der Waals surface area contributed by atoms with Gasteiger partial charge in [-0.2, -0.15) is 0 Å². The number of likely N-dealkylation sites (tertiary alicyclic amines) is 1. The van der Waals surface area contributed by atoms with Crippen LogP contribution < -0.4 is 10.6 Å². The molecule has 1 aromatic carbocycles. The molecule has 1 fully saturated rings. The van der Waals surface area contributed by atoms with Crippen molar-refractivity contribution in [2.75, 3.05) is 19.6 Å². The van der Waals surface area contributed by atoms with Crippen molar-refractivity contribution in [2.24, 2.45) is 0 Å². The van der Waals surface area contributed by atoms with Gasteiger partial charge in [0.1, 0.15) is 0 Å². The van der Waals surface area contributed by atoms with Crippen molar-refractivity contribution in [2.45, 2.75) is 25.4 Å². The lowest BCUT2D eigenvalue weighted by atomic mass is 10.1. The van der Waals surface area contributed by atoms with Crippen LogP contribution in [0.4, 0.5) is 4.79 Å². The third-order valence-electron chi connectivity index (χ3n) is 4.30. The van der Waals surface area contributed by atoms with Gasteiger partial charge in [-0.1, -0.05) is 30.3 Å². The molecule has 25 heavy (non-hydrogen) atoms. The summed E-state index contributed by atoms with van der Waals surface area (Å²) in [4.78, 5) is 30.0. The van der Waals surface area contributed by atoms with Gasteiger partial charge in [-0.3, -0.25) is 4.79 Å². The highest BCUT2D eigenvalue weighted by Gasteiger charge is 2.25. The maximum atomic E-state index is 12.3. The van der Waals surface area contributed by atoms with Gasteiger partial charge in [0.25, 0.3) is 0 Å². The molecule has 0 unspecified atom stereocenters. The third kappa shape index (κ3) is 4.82. The molecule has 0 aliphatic carbocycles. The number of aromatic nitrogens is 2. The van der Waals surface area contributed by atoms with Crippen molar-refractivity contribution in [3.63, 3.8) is 0 Å². The largest absolute Gasteiger partial charge is 0.340 e. The van der Waals surface area contributed by atoms with Gasteiger partial charge in [0.2, 0.25) is 5.91 Å². The van der Waals surface area contributed by atoms with E-state index in [-0.39, 0.29) is 18.0 Å². The van der Waals surface area contributed by atoms with Crippen molar-refractivity contribution in [1.82, 2.24) is 25.1 Å². The monoisotopic (exact) mass is 341 g/mol. The van der Waals surface area contributed by atoms with Gasteiger partial charge in [-0.15, -0.1) is 0 Å². The minimum Gasteiger partial charge on any atom is -0.340 e. The molecule has 0 radical (unpaired) electrons. The van der Waals surface area contributed by atoms with Crippen LogP contribution in [0, 0.1) is 0 Å². The Morgan fingerprint density at radius 2 is 2.12 bits per heavy atom. The van der Waals surface area contributed by atoms with E-state index in [4.69, 9.17) is 0 Å². The van der Waals surface area contributed by atoms with Gasteiger partial charge in [-0.05, 0) is 12.0 Å². The van der Waals surface area contributed by atoms with E-state index < -0.39 is 0 Å². The summed E-state index contributed by atoms with van der Waals surface area (Å²) in [5.74, 6) is 0.156. The Bertz CT molecular complexity index is 687. The Morgan fingerprint density at radius 1 is 1.28 bits per heavy atom. The van der Waals surface area contributed by atoms with Gasteiger partial charge in [-0.25, -0.2) is 9.78 Å². The SMILES string of the molecule is O=C(NCCn1ccnc1)N[C@@H](CN1CCCC1=O)c1ccccc1. The van der Waals surface area contributed by atoms with Crippen LogP contribution in [0.2, 0.25) is 0 Å².